The Kier molecular flexibility index (Phi) is 3.35. The van der Waals surface area contributed by atoms with E-state index in [2.05, 4.69) is 20.3 Å². The first-order valence-corrected chi connectivity index (χ1v) is 6.31. The molecule has 3 aromatic rings. The Morgan fingerprint density at radius 1 is 1.10 bits per heavy atom. The van der Waals surface area contributed by atoms with Gasteiger partial charge in [0, 0.05) is 11.6 Å². The van der Waals surface area contributed by atoms with E-state index in [0.29, 0.717) is 0 Å². The lowest BCUT2D eigenvalue weighted by Gasteiger charge is -2.09. The van der Waals surface area contributed by atoms with Gasteiger partial charge in [-0.15, -0.1) is 0 Å². The first-order valence-electron chi connectivity index (χ1n) is 5.93. The number of nitrogens with zero attached hydrogens (tertiary/aromatic N) is 3. The third-order valence-corrected chi connectivity index (χ3v) is 3.05. The van der Waals surface area contributed by atoms with Gasteiger partial charge in [0.05, 0.1) is 25.2 Å². The first-order chi connectivity index (χ1) is 9.76. The molecule has 0 aliphatic heterocycles. The summed E-state index contributed by atoms with van der Waals surface area (Å²) < 4.78 is 5.22. The van der Waals surface area contributed by atoms with Gasteiger partial charge in [-0.2, -0.15) is 0 Å². The van der Waals surface area contributed by atoms with E-state index in [1.165, 1.54) is 0 Å². The van der Waals surface area contributed by atoms with E-state index in [1.54, 1.807) is 25.7 Å². The number of methoxy groups -OCH3 is 1. The minimum atomic E-state index is 0.214. The summed E-state index contributed by atoms with van der Waals surface area (Å²) in [6.07, 6.45) is 4.96. The molecule has 5 nitrogen and oxygen atoms in total. The average molecular weight is 287 g/mol. The highest BCUT2D eigenvalue weighted by atomic mass is 35.5. The molecule has 0 radical (unpaired) electrons. The molecule has 0 spiro atoms. The second kappa shape index (κ2) is 5.30. The van der Waals surface area contributed by atoms with Crippen molar-refractivity contribution >= 4 is 33.9 Å². The molecule has 0 aliphatic rings. The number of aromatic nitrogens is 3. The van der Waals surface area contributed by atoms with Crippen LogP contribution in [0.3, 0.4) is 0 Å². The lowest BCUT2D eigenvalue weighted by Crippen LogP contribution is -1.96. The Labute approximate surface area is 120 Å². The van der Waals surface area contributed by atoms with Gasteiger partial charge in [0.15, 0.2) is 0 Å². The van der Waals surface area contributed by atoms with Crippen LogP contribution in [0.25, 0.3) is 10.8 Å². The molecular weight excluding hydrogens is 276 g/mol. The molecule has 0 bridgehead atoms. The van der Waals surface area contributed by atoms with E-state index in [9.17, 15) is 0 Å². The Hall–Kier alpha value is -2.40. The molecule has 6 heteroatoms. The maximum Gasteiger partial charge on any atom is 0.222 e. The number of rotatable bonds is 3. The molecule has 0 atom stereocenters. The van der Waals surface area contributed by atoms with Crippen LogP contribution in [0.2, 0.25) is 5.28 Å². The number of hydrogen-bond donors (Lipinski definition) is 1. The van der Waals surface area contributed by atoms with Crippen molar-refractivity contribution < 1.29 is 4.74 Å². The van der Waals surface area contributed by atoms with Gasteiger partial charge < -0.3 is 10.1 Å². The monoisotopic (exact) mass is 286 g/mol. The van der Waals surface area contributed by atoms with E-state index >= 15 is 0 Å². The van der Waals surface area contributed by atoms with Crippen LogP contribution in [0, 0.1) is 0 Å². The van der Waals surface area contributed by atoms with Gasteiger partial charge in [-0.3, -0.25) is 0 Å². The molecule has 0 saturated carbocycles. The van der Waals surface area contributed by atoms with Gasteiger partial charge in [-0.1, -0.05) is 0 Å². The van der Waals surface area contributed by atoms with Gasteiger partial charge in [-0.25, -0.2) is 15.0 Å². The van der Waals surface area contributed by atoms with Crippen molar-refractivity contribution in [3.8, 4) is 5.75 Å². The van der Waals surface area contributed by atoms with E-state index < -0.39 is 0 Å². The maximum absolute atomic E-state index is 5.66. The van der Waals surface area contributed by atoms with Crippen molar-refractivity contribution in [2.24, 2.45) is 0 Å². The quantitative estimate of drug-likeness (QED) is 0.748. The van der Waals surface area contributed by atoms with Gasteiger partial charge >= 0.3 is 0 Å². The molecule has 2 heterocycles. The second-order valence-electron chi connectivity index (χ2n) is 4.11. The zero-order valence-electron chi connectivity index (χ0n) is 10.7. The van der Waals surface area contributed by atoms with Gasteiger partial charge in [0.1, 0.15) is 11.6 Å². The lowest BCUT2D eigenvalue weighted by molar-refractivity contribution is 0.415. The molecule has 1 aromatic carbocycles. The normalized spacial score (nSPS) is 10.5. The van der Waals surface area contributed by atoms with Crippen molar-refractivity contribution in [3.63, 3.8) is 0 Å². The highest BCUT2D eigenvalue weighted by molar-refractivity contribution is 6.28. The predicted octanol–water partition coefficient (Wildman–Crippen LogP) is 3.43. The zero-order chi connectivity index (χ0) is 13.9. The number of benzene rings is 1. The summed E-state index contributed by atoms with van der Waals surface area (Å²) in [5.41, 5.74) is 0.727. The van der Waals surface area contributed by atoms with Gasteiger partial charge in [0.25, 0.3) is 0 Å². The Bertz CT molecular complexity index is 746. The highest BCUT2D eigenvalue weighted by Gasteiger charge is 2.04. The third-order valence-electron chi connectivity index (χ3n) is 2.85. The Morgan fingerprint density at radius 3 is 2.65 bits per heavy atom. The van der Waals surface area contributed by atoms with Crippen LogP contribution in [0.5, 0.6) is 5.75 Å². The van der Waals surface area contributed by atoms with Crippen molar-refractivity contribution in [1.29, 1.82) is 0 Å². The maximum atomic E-state index is 5.66. The molecular formula is C14H11ClN4O. The van der Waals surface area contributed by atoms with Crippen LogP contribution >= 0.6 is 11.6 Å². The molecule has 0 aliphatic carbocycles. The number of fused-ring (bicyclic) bond motifs is 1. The molecule has 0 saturated heterocycles. The molecule has 20 heavy (non-hydrogen) atoms. The Balaban J connectivity index is 2.01. The lowest BCUT2D eigenvalue weighted by atomic mass is 10.1. The van der Waals surface area contributed by atoms with Crippen molar-refractivity contribution in [1.82, 2.24) is 15.0 Å². The van der Waals surface area contributed by atoms with Gasteiger partial charge in [-0.05, 0) is 41.3 Å². The van der Waals surface area contributed by atoms with E-state index in [0.717, 1.165) is 28.0 Å². The van der Waals surface area contributed by atoms with Gasteiger partial charge in [0.2, 0.25) is 5.28 Å². The largest absolute Gasteiger partial charge is 0.497 e. The van der Waals surface area contributed by atoms with E-state index in [-0.39, 0.29) is 5.28 Å². The summed E-state index contributed by atoms with van der Waals surface area (Å²) in [6, 6.07) is 7.75. The minimum Gasteiger partial charge on any atom is -0.497 e. The van der Waals surface area contributed by atoms with Crippen molar-refractivity contribution in [2.45, 2.75) is 0 Å². The second-order valence-corrected chi connectivity index (χ2v) is 4.45. The standard InChI is InChI=1S/C14H11ClN4O/c1-20-11-2-3-12-9(6-11)4-5-16-13(12)19-10-7-17-14(15)18-8-10/h2-8H,1H3,(H,16,19). The number of hydrogen-bond acceptors (Lipinski definition) is 5. The number of pyridine rings is 1. The number of anilines is 2. The van der Waals surface area contributed by atoms with Crippen molar-refractivity contribution in [3.05, 3.63) is 48.1 Å². The number of ether oxygens (including phenoxy) is 1. The number of halogens is 1. The smallest absolute Gasteiger partial charge is 0.222 e. The summed E-state index contributed by atoms with van der Waals surface area (Å²) >= 11 is 5.66. The molecule has 3 rings (SSSR count). The van der Waals surface area contributed by atoms with E-state index in [4.69, 9.17) is 16.3 Å². The average Bonchev–Trinajstić information content (AvgIpc) is 2.49. The molecule has 2 aromatic heterocycles. The molecule has 100 valence electrons. The minimum absolute atomic E-state index is 0.214. The van der Waals surface area contributed by atoms with Crippen molar-refractivity contribution in [2.75, 3.05) is 12.4 Å². The summed E-state index contributed by atoms with van der Waals surface area (Å²) in [5, 5.41) is 5.42. The van der Waals surface area contributed by atoms with Crippen LogP contribution in [0.4, 0.5) is 11.5 Å². The fourth-order valence-electron chi connectivity index (χ4n) is 1.90. The van der Waals surface area contributed by atoms with E-state index in [1.807, 2.05) is 24.3 Å². The summed E-state index contributed by atoms with van der Waals surface area (Å²) in [4.78, 5) is 12.2. The molecule has 0 unspecified atom stereocenters. The zero-order valence-corrected chi connectivity index (χ0v) is 11.4. The predicted molar refractivity (Wildman–Crippen MR) is 78.6 cm³/mol. The third kappa shape index (κ3) is 2.48. The van der Waals surface area contributed by atoms with Crippen LogP contribution in [0.1, 0.15) is 0 Å². The topological polar surface area (TPSA) is 59.9 Å². The van der Waals surface area contributed by atoms with Crippen LogP contribution < -0.4 is 10.1 Å². The molecule has 0 amide bonds. The van der Waals surface area contributed by atoms with Crippen LogP contribution in [-0.4, -0.2) is 22.1 Å². The van der Waals surface area contributed by atoms with Crippen LogP contribution in [0.15, 0.2) is 42.9 Å². The Morgan fingerprint density at radius 2 is 1.90 bits per heavy atom. The summed E-state index contributed by atoms with van der Waals surface area (Å²) in [7, 11) is 1.65. The molecule has 1 N–H and O–H groups in total. The SMILES string of the molecule is COc1ccc2c(Nc3cnc(Cl)nc3)nccc2c1. The fourth-order valence-corrected chi connectivity index (χ4v) is 1.99. The molecule has 0 fully saturated rings. The fraction of sp³-hybridized carbons (Fsp3) is 0.0714. The summed E-state index contributed by atoms with van der Waals surface area (Å²) in [6.45, 7) is 0. The number of nitrogens with one attached hydrogen (secondary N) is 1. The van der Waals surface area contributed by atoms with Crippen LogP contribution in [-0.2, 0) is 0 Å². The highest BCUT2D eigenvalue weighted by Crippen LogP contribution is 2.27. The summed E-state index contributed by atoms with van der Waals surface area (Å²) in [5.74, 6) is 1.54. The first kappa shape index (κ1) is 12.6.